The summed E-state index contributed by atoms with van der Waals surface area (Å²) in [5.74, 6) is 0. The number of rotatable bonds is 5. The standard InChI is InChI=1S/C15H19N5O4S2/c1-13-2-4-14(5-3-13)6-11-25(21,22)19-7-9-20(10-8-19)26(23,24)15-16-12-17-18-15/h2-6,11-12H,7-10H2,1H3,(H,16,17,18)/b11-6+. The Morgan fingerprint density at radius 1 is 1.00 bits per heavy atom. The molecule has 0 radical (unpaired) electrons. The molecule has 3 rings (SSSR count). The zero-order chi connectivity index (χ0) is 18.8. The average Bonchev–Trinajstić information content (AvgIpc) is 3.17. The number of piperazine rings is 1. The summed E-state index contributed by atoms with van der Waals surface area (Å²) in [5, 5.41) is 6.77. The van der Waals surface area contributed by atoms with E-state index in [0.29, 0.717) is 0 Å². The molecule has 0 spiro atoms. The van der Waals surface area contributed by atoms with E-state index in [0.717, 1.165) is 22.9 Å². The minimum atomic E-state index is -3.78. The van der Waals surface area contributed by atoms with Crippen LogP contribution in [0.1, 0.15) is 11.1 Å². The molecule has 1 aliphatic heterocycles. The topological polar surface area (TPSA) is 116 Å². The van der Waals surface area contributed by atoms with Crippen LogP contribution < -0.4 is 0 Å². The Hall–Kier alpha value is -2.08. The fourth-order valence-electron chi connectivity index (χ4n) is 2.53. The van der Waals surface area contributed by atoms with Crippen molar-refractivity contribution in [3.05, 3.63) is 47.1 Å². The van der Waals surface area contributed by atoms with Crippen LogP contribution >= 0.6 is 0 Å². The third kappa shape index (κ3) is 4.01. The van der Waals surface area contributed by atoms with Crippen LogP contribution in [0.2, 0.25) is 0 Å². The highest BCUT2D eigenvalue weighted by Gasteiger charge is 2.33. The molecule has 0 unspecified atom stereocenters. The first kappa shape index (κ1) is 18.7. The van der Waals surface area contributed by atoms with Gasteiger partial charge in [-0.2, -0.15) is 13.7 Å². The van der Waals surface area contributed by atoms with E-state index >= 15 is 0 Å². The molecule has 0 saturated carbocycles. The summed E-state index contributed by atoms with van der Waals surface area (Å²) in [6.45, 7) is 2.22. The first-order valence-corrected chi connectivity index (χ1v) is 10.8. The van der Waals surface area contributed by atoms with E-state index in [1.807, 2.05) is 31.2 Å². The zero-order valence-electron chi connectivity index (χ0n) is 14.1. The number of aromatic amines is 1. The van der Waals surface area contributed by atoms with Gasteiger partial charge in [-0.3, -0.25) is 0 Å². The molecular formula is C15H19N5O4S2. The van der Waals surface area contributed by atoms with Gasteiger partial charge in [-0.05, 0) is 18.6 Å². The first-order valence-electron chi connectivity index (χ1n) is 7.89. The van der Waals surface area contributed by atoms with Gasteiger partial charge in [0.25, 0.3) is 15.2 Å². The van der Waals surface area contributed by atoms with Gasteiger partial charge in [-0.1, -0.05) is 29.8 Å². The molecule has 1 aromatic carbocycles. The second kappa shape index (κ2) is 7.27. The highest BCUT2D eigenvalue weighted by Crippen LogP contribution is 2.16. The molecule has 2 heterocycles. The number of aromatic nitrogens is 3. The van der Waals surface area contributed by atoms with Gasteiger partial charge in [-0.25, -0.2) is 26.9 Å². The van der Waals surface area contributed by atoms with Crippen molar-refractivity contribution in [2.45, 2.75) is 12.1 Å². The minimum absolute atomic E-state index is 0.0562. The van der Waals surface area contributed by atoms with Gasteiger partial charge in [0.15, 0.2) is 0 Å². The largest absolute Gasteiger partial charge is 0.278 e. The van der Waals surface area contributed by atoms with Crippen molar-refractivity contribution in [3.63, 3.8) is 0 Å². The van der Waals surface area contributed by atoms with Crippen LogP contribution in [0.5, 0.6) is 0 Å². The highest BCUT2D eigenvalue weighted by atomic mass is 32.2. The molecular weight excluding hydrogens is 378 g/mol. The van der Waals surface area contributed by atoms with Gasteiger partial charge in [-0.15, -0.1) is 0 Å². The summed E-state index contributed by atoms with van der Waals surface area (Å²) >= 11 is 0. The maximum absolute atomic E-state index is 12.5. The van der Waals surface area contributed by atoms with E-state index in [9.17, 15) is 16.8 Å². The lowest BCUT2D eigenvalue weighted by Gasteiger charge is -2.31. The van der Waals surface area contributed by atoms with Crippen molar-refractivity contribution in [2.24, 2.45) is 0 Å². The lowest BCUT2D eigenvalue weighted by molar-refractivity contribution is 0.273. The van der Waals surface area contributed by atoms with Gasteiger partial charge < -0.3 is 0 Å². The van der Waals surface area contributed by atoms with Gasteiger partial charge in [0.05, 0.1) is 0 Å². The number of aryl methyl sites for hydroxylation is 1. The number of nitrogens with one attached hydrogen (secondary N) is 1. The Bertz CT molecular complexity index is 975. The second-order valence-electron chi connectivity index (χ2n) is 5.85. The number of hydrogen-bond acceptors (Lipinski definition) is 6. The predicted octanol–water partition coefficient (Wildman–Crippen LogP) is 0.420. The molecule has 1 aliphatic rings. The molecule has 11 heteroatoms. The van der Waals surface area contributed by atoms with Crippen LogP contribution in [-0.4, -0.2) is 66.8 Å². The molecule has 2 aromatic rings. The van der Waals surface area contributed by atoms with Crippen LogP contribution in [0.4, 0.5) is 0 Å². The Kier molecular flexibility index (Phi) is 5.23. The molecule has 0 atom stereocenters. The number of sulfonamides is 2. The molecule has 1 fully saturated rings. The maximum atomic E-state index is 12.5. The monoisotopic (exact) mass is 397 g/mol. The molecule has 9 nitrogen and oxygen atoms in total. The summed E-state index contributed by atoms with van der Waals surface area (Å²) in [7, 11) is -7.40. The predicted molar refractivity (Wildman–Crippen MR) is 95.8 cm³/mol. The van der Waals surface area contributed by atoms with Crippen LogP contribution in [0.3, 0.4) is 0 Å². The normalized spacial score (nSPS) is 17.7. The molecule has 0 bridgehead atoms. The second-order valence-corrected chi connectivity index (χ2v) is 9.52. The third-order valence-electron chi connectivity index (χ3n) is 4.04. The number of hydrogen-bond donors (Lipinski definition) is 1. The van der Waals surface area contributed by atoms with Crippen molar-refractivity contribution in [2.75, 3.05) is 26.2 Å². The average molecular weight is 397 g/mol. The highest BCUT2D eigenvalue weighted by molar-refractivity contribution is 7.92. The summed E-state index contributed by atoms with van der Waals surface area (Å²) in [6, 6.07) is 7.48. The Morgan fingerprint density at radius 3 is 2.19 bits per heavy atom. The Morgan fingerprint density at radius 2 is 1.62 bits per heavy atom. The molecule has 140 valence electrons. The Labute approximate surface area is 152 Å². The molecule has 0 aliphatic carbocycles. The molecule has 26 heavy (non-hydrogen) atoms. The molecule has 1 N–H and O–H groups in total. The van der Waals surface area contributed by atoms with E-state index in [2.05, 4.69) is 15.2 Å². The summed E-state index contributed by atoms with van der Waals surface area (Å²) < 4.78 is 52.1. The first-order chi connectivity index (χ1) is 12.3. The summed E-state index contributed by atoms with van der Waals surface area (Å²) in [6.07, 6.45) is 2.65. The number of nitrogens with zero attached hydrogens (tertiary/aromatic N) is 4. The van der Waals surface area contributed by atoms with E-state index in [1.165, 1.54) is 14.7 Å². The van der Waals surface area contributed by atoms with E-state index < -0.39 is 20.0 Å². The minimum Gasteiger partial charge on any atom is -0.249 e. The van der Waals surface area contributed by atoms with Crippen molar-refractivity contribution in [3.8, 4) is 0 Å². The third-order valence-corrected chi connectivity index (χ3v) is 7.34. The smallest absolute Gasteiger partial charge is 0.249 e. The van der Waals surface area contributed by atoms with Crippen molar-refractivity contribution < 1.29 is 16.8 Å². The molecule has 1 aromatic heterocycles. The fourth-order valence-corrected chi connectivity index (χ4v) is 4.94. The van der Waals surface area contributed by atoms with Crippen molar-refractivity contribution >= 4 is 26.1 Å². The Balaban J connectivity index is 1.66. The van der Waals surface area contributed by atoms with Crippen LogP contribution in [0.15, 0.2) is 41.2 Å². The van der Waals surface area contributed by atoms with Crippen molar-refractivity contribution in [1.29, 1.82) is 0 Å². The number of H-pyrrole nitrogens is 1. The van der Waals surface area contributed by atoms with Gasteiger partial charge >= 0.3 is 0 Å². The number of benzene rings is 1. The van der Waals surface area contributed by atoms with Crippen LogP contribution in [-0.2, 0) is 20.0 Å². The quantitative estimate of drug-likeness (QED) is 0.782. The van der Waals surface area contributed by atoms with Crippen LogP contribution in [0.25, 0.3) is 6.08 Å². The van der Waals surface area contributed by atoms with E-state index in [4.69, 9.17) is 0 Å². The summed E-state index contributed by atoms with van der Waals surface area (Å²) in [4.78, 5) is 3.66. The van der Waals surface area contributed by atoms with Gasteiger partial charge in [0, 0.05) is 31.6 Å². The zero-order valence-corrected chi connectivity index (χ0v) is 15.7. The lowest BCUT2D eigenvalue weighted by atomic mass is 10.2. The van der Waals surface area contributed by atoms with Crippen LogP contribution in [0, 0.1) is 6.92 Å². The van der Waals surface area contributed by atoms with E-state index in [1.54, 1.807) is 0 Å². The fraction of sp³-hybridized carbons (Fsp3) is 0.333. The van der Waals surface area contributed by atoms with Gasteiger partial charge in [0.1, 0.15) is 6.33 Å². The molecule has 1 saturated heterocycles. The van der Waals surface area contributed by atoms with E-state index in [-0.39, 0.29) is 31.3 Å². The van der Waals surface area contributed by atoms with Gasteiger partial charge in [0.2, 0.25) is 10.0 Å². The maximum Gasteiger partial charge on any atom is 0.278 e. The summed E-state index contributed by atoms with van der Waals surface area (Å²) in [5.41, 5.74) is 1.87. The van der Waals surface area contributed by atoms with Crippen molar-refractivity contribution in [1.82, 2.24) is 23.8 Å². The lowest BCUT2D eigenvalue weighted by Crippen LogP contribution is -2.50. The SMILES string of the molecule is Cc1ccc(/C=C/S(=O)(=O)N2CCN(S(=O)(=O)c3ncn[nH]3)CC2)cc1. The molecule has 0 amide bonds.